The molecule has 0 unspecified atom stereocenters. The molecule has 0 aliphatic carbocycles. The van der Waals surface area contributed by atoms with Crippen molar-refractivity contribution in [2.45, 2.75) is 19.4 Å². The Bertz CT molecular complexity index is 916. The van der Waals surface area contributed by atoms with Gasteiger partial charge in [0.1, 0.15) is 0 Å². The molecule has 0 bridgehead atoms. The summed E-state index contributed by atoms with van der Waals surface area (Å²) < 4.78 is 5.04. The van der Waals surface area contributed by atoms with Gasteiger partial charge in [-0.15, -0.1) is 0 Å². The van der Waals surface area contributed by atoms with Crippen LogP contribution in [0.25, 0.3) is 10.8 Å². The lowest BCUT2D eigenvalue weighted by molar-refractivity contribution is -0.123. The molecule has 0 aromatic heterocycles. The largest absolute Gasteiger partial charge is 0.450 e. The highest BCUT2D eigenvalue weighted by Crippen LogP contribution is 2.32. The van der Waals surface area contributed by atoms with E-state index >= 15 is 0 Å². The molecule has 7 heteroatoms. The van der Waals surface area contributed by atoms with Gasteiger partial charge >= 0.3 is 6.09 Å². The smallest absolute Gasteiger partial charge is 0.409 e. The van der Waals surface area contributed by atoms with Crippen molar-refractivity contribution in [3.63, 3.8) is 0 Å². The van der Waals surface area contributed by atoms with Gasteiger partial charge in [0.25, 0.3) is 5.91 Å². The van der Waals surface area contributed by atoms with Gasteiger partial charge in [-0.3, -0.25) is 14.5 Å². The first-order chi connectivity index (χ1) is 13.6. The summed E-state index contributed by atoms with van der Waals surface area (Å²) in [7, 11) is 0. The molecule has 3 amide bonds. The summed E-state index contributed by atoms with van der Waals surface area (Å²) in [5.41, 5.74) is 0.640. The summed E-state index contributed by atoms with van der Waals surface area (Å²) in [5.74, 6) is -0.370. The fourth-order valence-corrected chi connectivity index (χ4v) is 3.99. The number of carbonyl (C=O) groups is 3. The number of benzene rings is 2. The lowest BCUT2D eigenvalue weighted by atomic mass is 10.1. The van der Waals surface area contributed by atoms with Crippen LogP contribution in [-0.2, 0) is 14.3 Å². The normalized spacial score (nSPS) is 20.8. The van der Waals surface area contributed by atoms with Gasteiger partial charge in [0.2, 0.25) is 5.91 Å². The maximum Gasteiger partial charge on any atom is 0.409 e. The van der Waals surface area contributed by atoms with E-state index in [1.807, 2.05) is 47.4 Å². The maximum atomic E-state index is 13.1. The van der Waals surface area contributed by atoms with Crippen LogP contribution in [0.5, 0.6) is 0 Å². The van der Waals surface area contributed by atoms with Crippen LogP contribution in [0.2, 0.25) is 0 Å². The Morgan fingerprint density at radius 1 is 1.04 bits per heavy atom. The van der Waals surface area contributed by atoms with Gasteiger partial charge in [-0.2, -0.15) is 0 Å². The summed E-state index contributed by atoms with van der Waals surface area (Å²) in [5, 5.41) is 1.88. The zero-order valence-corrected chi connectivity index (χ0v) is 15.8. The molecule has 7 nitrogen and oxygen atoms in total. The van der Waals surface area contributed by atoms with Crippen molar-refractivity contribution >= 4 is 34.4 Å². The number of hydrogen-bond donors (Lipinski definition) is 0. The molecule has 28 heavy (non-hydrogen) atoms. The fourth-order valence-electron chi connectivity index (χ4n) is 3.99. The molecule has 0 radical (unpaired) electrons. The van der Waals surface area contributed by atoms with Gasteiger partial charge < -0.3 is 9.64 Å². The zero-order chi connectivity index (χ0) is 19.7. The SMILES string of the molecule is CCOC(=O)N1CCN([C@@H]2CC(=O)N(c3cccc4ccccc34)C2=O)CC1. The van der Waals surface area contributed by atoms with Gasteiger partial charge in [0.05, 0.1) is 24.8 Å². The van der Waals surface area contributed by atoms with Gasteiger partial charge in [-0.05, 0) is 18.4 Å². The molecular weight excluding hydrogens is 358 g/mol. The fraction of sp³-hybridized carbons (Fsp3) is 0.381. The van der Waals surface area contributed by atoms with Gasteiger partial charge in [0, 0.05) is 31.6 Å². The highest BCUT2D eigenvalue weighted by Gasteiger charge is 2.44. The van der Waals surface area contributed by atoms with E-state index in [1.54, 1.807) is 11.8 Å². The van der Waals surface area contributed by atoms with E-state index in [4.69, 9.17) is 4.74 Å². The topological polar surface area (TPSA) is 70.2 Å². The summed E-state index contributed by atoms with van der Waals surface area (Å²) in [6.07, 6.45) is -0.157. The molecule has 2 aliphatic rings. The summed E-state index contributed by atoms with van der Waals surface area (Å²) in [4.78, 5) is 42.7. The Morgan fingerprint density at radius 3 is 2.50 bits per heavy atom. The average Bonchev–Trinajstić information content (AvgIpc) is 3.02. The Morgan fingerprint density at radius 2 is 1.75 bits per heavy atom. The van der Waals surface area contributed by atoms with E-state index in [0.717, 1.165) is 10.8 Å². The minimum absolute atomic E-state index is 0.168. The van der Waals surface area contributed by atoms with E-state index in [1.165, 1.54) is 4.90 Å². The summed E-state index contributed by atoms with van der Waals surface area (Å²) in [6, 6.07) is 12.9. The van der Waals surface area contributed by atoms with Crippen LogP contribution in [-0.4, -0.2) is 66.5 Å². The number of anilines is 1. The minimum Gasteiger partial charge on any atom is -0.450 e. The first-order valence-corrected chi connectivity index (χ1v) is 9.60. The van der Waals surface area contributed by atoms with E-state index < -0.39 is 6.04 Å². The predicted molar refractivity (Wildman–Crippen MR) is 105 cm³/mol. The van der Waals surface area contributed by atoms with Gasteiger partial charge in [0.15, 0.2) is 0 Å². The Balaban J connectivity index is 1.51. The second-order valence-corrected chi connectivity index (χ2v) is 7.01. The Labute approximate surface area is 163 Å². The van der Waals surface area contributed by atoms with Gasteiger partial charge in [-0.25, -0.2) is 9.69 Å². The van der Waals surface area contributed by atoms with Crippen molar-refractivity contribution < 1.29 is 19.1 Å². The second kappa shape index (κ2) is 7.59. The molecule has 0 spiro atoms. The standard InChI is InChI=1S/C21H23N3O4/c1-2-28-21(27)23-12-10-22(11-13-23)18-14-19(25)24(20(18)26)17-9-5-7-15-6-3-4-8-16(15)17/h3-9,18H,2,10-14H2,1H3/t18-/m1/s1. The number of piperazine rings is 1. The van der Waals surface area contributed by atoms with E-state index in [-0.39, 0.29) is 24.3 Å². The van der Waals surface area contributed by atoms with Crippen LogP contribution < -0.4 is 4.90 Å². The molecule has 2 heterocycles. The number of carbonyl (C=O) groups excluding carboxylic acids is 3. The number of ether oxygens (including phenoxy) is 1. The van der Waals surface area contributed by atoms with Crippen molar-refractivity contribution in [3.8, 4) is 0 Å². The number of imide groups is 1. The maximum absolute atomic E-state index is 13.1. The van der Waals surface area contributed by atoms with Crippen molar-refractivity contribution in [1.29, 1.82) is 0 Å². The molecule has 2 fully saturated rings. The second-order valence-electron chi connectivity index (χ2n) is 7.01. The third-order valence-electron chi connectivity index (χ3n) is 5.41. The summed E-state index contributed by atoms with van der Waals surface area (Å²) in [6.45, 7) is 4.20. The molecular formula is C21H23N3O4. The third-order valence-corrected chi connectivity index (χ3v) is 5.41. The van der Waals surface area contributed by atoms with Crippen LogP contribution in [0, 0.1) is 0 Å². The quantitative estimate of drug-likeness (QED) is 0.763. The Kier molecular flexibility index (Phi) is 5.00. The van der Waals surface area contributed by atoms with Gasteiger partial charge in [-0.1, -0.05) is 36.4 Å². The van der Waals surface area contributed by atoms with E-state index in [0.29, 0.717) is 38.5 Å². The van der Waals surface area contributed by atoms with E-state index in [9.17, 15) is 14.4 Å². The Hall–Kier alpha value is -2.93. The number of nitrogens with zero attached hydrogens (tertiary/aromatic N) is 3. The first kappa shape index (κ1) is 18.4. The number of rotatable bonds is 3. The molecule has 4 rings (SSSR count). The number of hydrogen-bond acceptors (Lipinski definition) is 5. The minimum atomic E-state index is -0.476. The van der Waals surface area contributed by atoms with Crippen LogP contribution in [0.1, 0.15) is 13.3 Å². The highest BCUT2D eigenvalue weighted by molar-refractivity contribution is 6.25. The monoisotopic (exact) mass is 381 g/mol. The molecule has 1 atom stereocenters. The number of amides is 3. The van der Waals surface area contributed by atoms with Crippen molar-refractivity contribution in [2.24, 2.45) is 0 Å². The van der Waals surface area contributed by atoms with Crippen LogP contribution in [0.15, 0.2) is 42.5 Å². The lowest BCUT2D eigenvalue weighted by Gasteiger charge is -2.36. The van der Waals surface area contributed by atoms with E-state index in [2.05, 4.69) is 0 Å². The van der Waals surface area contributed by atoms with Crippen molar-refractivity contribution in [3.05, 3.63) is 42.5 Å². The third kappa shape index (κ3) is 3.22. The van der Waals surface area contributed by atoms with Crippen LogP contribution in [0.4, 0.5) is 10.5 Å². The van der Waals surface area contributed by atoms with Crippen LogP contribution in [0.3, 0.4) is 0 Å². The highest BCUT2D eigenvalue weighted by atomic mass is 16.6. The zero-order valence-electron chi connectivity index (χ0n) is 15.8. The van der Waals surface area contributed by atoms with Crippen molar-refractivity contribution in [2.75, 3.05) is 37.7 Å². The molecule has 146 valence electrons. The molecule has 0 N–H and O–H groups in total. The molecule has 2 saturated heterocycles. The van der Waals surface area contributed by atoms with Crippen molar-refractivity contribution in [1.82, 2.24) is 9.80 Å². The first-order valence-electron chi connectivity index (χ1n) is 9.60. The lowest BCUT2D eigenvalue weighted by Crippen LogP contribution is -2.54. The number of fused-ring (bicyclic) bond motifs is 1. The van der Waals surface area contributed by atoms with Crippen LogP contribution >= 0.6 is 0 Å². The molecule has 2 aliphatic heterocycles. The molecule has 0 saturated carbocycles. The predicted octanol–water partition coefficient (Wildman–Crippen LogP) is 2.25. The summed E-state index contributed by atoms with van der Waals surface area (Å²) >= 11 is 0. The molecule has 2 aromatic carbocycles. The molecule has 2 aromatic rings. The average molecular weight is 381 g/mol.